The maximum absolute atomic E-state index is 12.4. The molecule has 1 fully saturated rings. The number of hydrogen-bond acceptors (Lipinski definition) is 3. The summed E-state index contributed by atoms with van der Waals surface area (Å²) in [5.74, 6) is 1.86. The first-order chi connectivity index (χ1) is 9.25. The van der Waals surface area contributed by atoms with Crippen molar-refractivity contribution in [2.24, 2.45) is 11.8 Å². The van der Waals surface area contributed by atoms with Gasteiger partial charge in [-0.1, -0.05) is 25.1 Å². The highest BCUT2D eigenvalue weighted by atomic mass is 32.2. The summed E-state index contributed by atoms with van der Waals surface area (Å²) in [5.41, 5.74) is 1.28. The summed E-state index contributed by atoms with van der Waals surface area (Å²) < 4.78 is 0. The third-order valence-electron chi connectivity index (χ3n) is 4.13. The predicted molar refractivity (Wildman–Crippen MR) is 78.2 cm³/mol. The maximum atomic E-state index is 12.4. The maximum Gasteiger partial charge on any atom is 0.225 e. The molecule has 2 aliphatic rings. The van der Waals surface area contributed by atoms with E-state index >= 15 is 0 Å². The van der Waals surface area contributed by atoms with Crippen molar-refractivity contribution in [2.45, 2.75) is 24.3 Å². The molecular weight excluding hydrogens is 256 g/mol. The van der Waals surface area contributed by atoms with Gasteiger partial charge in [0.05, 0.1) is 12.0 Å². The quantitative estimate of drug-likeness (QED) is 0.870. The molecule has 3 rings (SSSR count). The molecule has 3 unspecified atom stereocenters. The zero-order valence-electron chi connectivity index (χ0n) is 11.2. The van der Waals surface area contributed by atoms with E-state index in [1.807, 2.05) is 11.8 Å². The van der Waals surface area contributed by atoms with Gasteiger partial charge >= 0.3 is 0 Å². The molecule has 2 aliphatic heterocycles. The van der Waals surface area contributed by atoms with E-state index in [1.54, 1.807) is 0 Å². The topological polar surface area (TPSA) is 41.1 Å². The Morgan fingerprint density at radius 3 is 3.00 bits per heavy atom. The second-order valence-corrected chi connectivity index (χ2v) is 6.61. The summed E-state index contributed by atoms with van der Waals surface area (Å²) in [4.78, 5) is 13.7. The highest BCUT2D eigenvalue weighted by molar-refractivity contribution is 7.99. The second kappa shape index (κ2) is 5.55. The molecule has 2 heterocycles. The standard InChI is InChI=1S/C15H20N2OS/c1-10-8-16-9-12(10)15(18)17-13-6-7-19-14-5-3-2-4-11(13)14/h2-5,10,12-13,16H,6-9H2,1H3,(H,17,18). The minimum absolute atomic E-state index is 0.127. The van der Waals surface area contributed by atoms with Crippen molar-refractivity contribution >= 4 is 17.7 Å². The highest BCUT2D eigenvalue weighted by Gasteiger charge is 2.31. The van der Waals surface area contributed by atoms with Gasteiger partial charge in [-0.2, -0.15) is 0 Å². The molecular formula is C15H20N2OS. The Balaban J connectivity index is 1.72. The van der Waals surface area contributed by atoms with Crippen molar-refractivity contribution in [3.05, 3.63) is 29.8 Å². The summed E-state index contributed by atoms with van der Waals surface area (Å²) in [5, 5.41) is 6.55. The van der Waals surface area contributed by atoms with E-state index in [0.717, 1.165) is 25.3 Å². The summed E-state index contributed by atoms with van der Waals surface area (Å²) in [6, 6.07) is 8.61. The number of nitrogens with one attached hydrogen (secondary N) is 2. The van der Waals surface area contributed by atoms with Crippen molar-refractivity contribution in [3.8, 4) is 0 Å². The molecule has 1 amide bonds. The van der Waals surface area contributed by atoms with Crippen LogP contribution in [0.2, 0.25) is 0 Å². The molecule has 0 radical (unpaired) electrons. The smallest absolute Gasteiger partial charge is 0.225 e. The number of hydrogen-bond donors (Lipinski definition) is 2. The van der Waals surface area contributed by atoms with E-state index in [4.69, 9.17) is 0 Å². The zero-order chi connectivity index (χ0) is 13.2. The van der Waals surface area contributed by atoms with Crippen molar-refractivity contribution < 1.29 is 4.79 Å². The van der Waals surface area contributed by atoms with Crippen LogP contribution < -0.4 is 10.6 Å². The van der Waals surface area contributed by atoms with Crippen LogP contribution in [0.4, 0.5) is 0 Å². The third kappa shape index (κ3) is 2.65. The second-order valence-electron chi connectivity index (χ2n) is 5.48. The average molecular weight is 276 g/mol. The van der Waals surface area contributed by atoms with Crippen LogP contribution in [0.1, 0.15) is 24.9 Å². The molecule has 0 aromatic heterocycles. The number of carbonyl (C=O) groups is 1. The Morgan fingerprint density at radius 1 is 1.37 bits per heavy atom. The monoisotopic (exact) mass is 276 g/mol. The van der Waals surface area contributed by atoms with E-state index in [9.17, 15) is 4.79 Å². The van der Waals surface area contributed by atoms with Crippen LogP contribution in [0, 0.1) is 11.8 Å². The van der Waals surface area contributed by atoms with Gasteiger partial charge in [-0.3, -0.25) is 4.79 Å². The lowest BCUT2D eigenvalue weighted by Crippen LogP contribution is -2.37. The van der Waals surface area contributed by atoms with Gasteiger partial charge in [0.15, 0.2) is 0 Å². The van der Waals surface area contributed by atoms with Crippen LogP contribution in [0.25, 0.3) is 0 Å². The van der Waals surface area contributed by atoms with Gasteiger partial charge in [0, 0.05) is 17.2 Å². The van der Waals surface area contributed by atoms with Crippen LogP contribution in [0.3, 0.4) is 0 Å². The van der Waals surface area contributed by atoms with E-state index in [1.165, 1.54) is 10.5 Å². The summed E-state index contributed by atoms with van der Waals surface area (Å²) in [6.07, 6.45) is 1.03. The molecule has 3 atom stereocenters. The molecule has 0 aliphatic carbocycles. The van der Waals surface area contributed by atoms with E-state index < -0.39 is 0 Å². The van der Waals surface area contributed by atoms with E-state index in [2.05, 4.69) is 41.8 Å². The first-order valence-electron chi connectivity index (χ1n) is 6.98. The lowest BCUT2D eigenvalue weighted by molar-refractivity contribution is -0.126. The summed E-state index contributed by atoms with van der Waals surface area (Å²) >= 11 is 1.89. The minimum atomic E-state index is 0.127. The number of rotatable bonds is 2. The SMILES string of the molecule is CC1CNCC1C(=O)NC1CCSc2ccccc21. The lowest BCUT2D eigenvalue weighted by atomic mass is 9.95. The first-order valence-corrected chi connectivity index (χ1v) is 7.97. The van der Waals surface area contributed by atoms with Crippen LogP contribution in [0.5, 0.6) is 0 Å². The number of amides is 1. The normalized spacial score (nSPS) is 29.8. The first kappa shape index (κ1) is 13.0. The zero-order valence-corrected chi connectivity index (χ0v) is 12.0. The molecule has 0 bridgehead atoms. The Kier molecular flexibility index (Phi) is 3.80. The fourth-order valence-corrected chi connectivity index (χ4v) is 4.06. The predicted octanol–water partition coefficient (Wildman–Crippen LogP) is 2.20. The van der Waals surface area contributed by atoms with Crippen molar-refractivity contribution in [1.29, 1.82) is 0 Å². The molecule has 102 valence electrons. The van der Waals surface area contributed by atoms with Gasteiger partial charge in [-0.05, 0) is 30.5 Å². The van der Waals surface area contributed by atoms with Crippen molar-refractivity contribution in [3.63, 3.8) is 0 Å². The molecule has 1 aromatic rings. The molecule has 0 spiro atoms. The molecule has 3 nitrogen and oxygen atoms in total. The number of carbonyl (C=O) groups excluding carboxylic acids is 1. The molecule has 1 saturated heterocycles. The molecule has 1 aromatic carbocycles. The van der Waals surface area contributed by atoms with E-state index in [-0.39, 0.29) is 17.9 Å². The Morgan fingerprint density at radius 2 is 2.21 bits per heavy atom. The fraction of sp³-hybridized carbons (Fsp3) is 0.533. The van der Waals surface area contributed by atoms with Crippen LogP contribution in [0.15, 0.2) is 29.2 Å². The average Bonchev–Trinajstić information content (AvgIpc) is 2.85. The van der Waals surface area contributed by atoms with Gasteiger partial charge in [0.1, 0.15) is 0 Å². The molecule has 4 heteroatoms. The Bertz CT molecular complexity index is 477. The summed E-state index contributed by atoms with van der Waals surface area (Å²) in [6.45, 7) is 3.92. The van der Waals surface area contributed by atoms with Gasteiger partial charge in [0.2, 0.25) is 5.91 Å². The minimum Gasteiger partial charge on any atom is -0.349 e. The highest BCUT2D eigenvalue weighted by Crippen LogP contribution is 2.36. The van der Waals surface area contributed by atoms with E-state index in [0.29, 0.717) is 5.92 Å². The fourth-order valence-electron chi connectivity index (χ4n) is 2.93. The lowest BCUT2D eigenvalue weighted by Gasteiger charge is -2.27. The Labute approximate surface area is 118 Å². The number of benzene rings is 1. The largest absolute Gasteiger partial charge is 0.349 e. The Hall–Kier alpha value is -1.00. The van der Waals surface area contributed by atoms with Gasteiger partial charge in [-0.25, -0.2) is 0 Å². The number of thioether (sulfide) groups is 1. The van der Waals surface area contributed by atoms with Gasteiger partial charge in [0.25, 0.3) is 0 Å². The van der Waals surface area contributed by atoms with Gasteiger partial charge < -0.3 is 10.6 Å². The molecule has 0 saturated carbocycles. The molecule has 19 heavy (non-hydrogen) atoms. The van der Waals surface area contributed by atoms with Crippen molar-refractivity contribution in [2.75, 3.05) is 18.8 Å². The summed E-state index contributed by atoms with van der Waals surface area (Å²) in [7, 11) is 0. The van der Waals surface area contributed by atoms with Gasteiger partial charge in [-0.15, -0.1) is 11.8 Å². The number of fused-ring (bicyclic) bond motifs is 1. The van der Waals surface area contributed by atoms with Crippen LogP contribution in [-0.2, 0) is 4.79 Å². The van der Waals surface area contributed by atoms with Crippen LogP contribution in [-0.4, -0.2) is 24.7 Å². The molecule has 2 N–H and O–H groups in total. The third-order valence-corrected chi connectivity index (χ3v) is 5.25. The van der Waals surface area contributed by atoms with Crippen molar-refractivity contribution in [1.82, 2.24) is 10.6 Å². The van der Waals surface area contributed by atoms with Crippen LogP contribution >= 0.6 is 11.8 Å².